The quantitative estimate of drug-likeness (QED) is 0.939. The molecule has 0 amide bonds. The van der Waals surface area contributed by atoms with Crippen molar-refractivity contribution < 1.29 is 0 Å². The van der Waals surface area contributed by atoms with Gasteiger partial charge in [0.1, 0.15) is 0 Å². The SMILES string of the molecule is CCn1cc(C(NC)c2cc(C)ccc2Br)cn1. The Morgan fingerprint density at radius 1 is 1.44 bits per heavy atom. The molecule has 0 fully saturated rings. The summed E-state index contributed by atoms with van der Waals surface area (Å²) in [5.74, 6) is 0. The predicted molar refractivity (Wildman–Crippen MR) is 77.7 cm³/mol. The van der Waals surface area contributed by atoms with Crippen molar-refractivity contribution in [1.82, 2.24) is 15.1 Å². The molecule has 0 bridgehead atoms. The molecule has 0 aliphatic carbocycles. The van der Waals surface area contributed by atoms with Crippen molar-refractivity contribution in [2.45, 2.75) is 26.4 Å². The van der Waals surface area contributed by atoms with E-state index < -0.39 is 0 Å². The first-order valence-corrected chi connectivity index (χ1v) is 6.90. The summed E-state index contributed by atoms with van der Waals surface area (Å²) in [5.41, 5.74) is 3.69. The van der Waals surface area contributed by atoms with E-state index in [9.17, 15) is 0 Å². The second-order valence-electron chi connectivity index (χ2n) is 4.38. The van der Waals surface area contributed by atoms with Gasteiger partial charge in [0.2, 0.25) is 0 Å². The third-order valence-corrected chi connectivity index (χ3v) is 3.78. The van der Waals surface area contributed by atoms with Gasteiger partial charge in [-0.15, -0.1) is 0 Å². The van der Waals surface area contributed by atoms with Gasteiger partial charge < -0.3 is 5.32 Å². The van der Waals surface area contributed by atoms with Crippen molar-refractivity contribution in [2.24, 2.45) is 0 Å². The molecule has 0 aliphatic rings. The van der Waals surface area contributed by atoms with Crippen LogP contribution in [0.1, 0.15) is 29.7 Å². The summed E-state index contributed by atoms with van der Waals surface area (Å²) in [5, 5.41) is 7.70. The maximum absolute atomic E-state index is 4.34. The van der Waals surface area contributed by atoms with Crippen LogP contribution in [0, 0.1) is 6.92 Å². The van der Waals surface area contributed by atoms with E-state index in [2.05, 4.69) is 64.6 Å². The molecule has 4 heteroatoms. The van der Waals surface area contributed by atoms with Gasteiger partial charge in [-0.25, -0.2) is 0 Å². The second kappa shape index (κ2) is 5.67. The molecular formula is C14H18BrN3. The highest BCUT2D eigenvalue weighted by Gasteiger charge is 2.16. The molecule has 1 N–H and O–H groups in total. The highest BCUT2D eigenvalue weighted by atomic mass is 79.9. The monoisotopic (exact) mass is 307 g/mol. The molecule has 1 aromatic heterocycles. The number of hydrogen-bond donors (Lipinski definition) is 1. The summed E-state index contributed by atoms with van der Waals surface area (Å²) in [4.78, 5) is 0. The minimum Gasteiger partial charge on any atom is -0.309 e. The Morgan fingerprint density at radius 2 is 2.22 bits per heavy atom. The van der Waals surface area contributed by atoms with Crippen LogP contribution in [0.3, 0.4) is 0 Å². The zero-order valence-corrected chi connectivity index (χ0v) is 12.5. The summed E-state index contributed by atoms with van der Waals surface area (Å²) < 4.78 is 3.07. The molecule has 0 spiro atoms. The Hall–Kier alpha value is -1.13. The first kappa shape index (κ1) is 13.3. The Balaban J connectivity index is 2.41. The maximum atomic E-state index is 4.34. The number of aryl methyl sites for hydroxylation is 2. The first-order chi connectivity index (χ1) is 8.65. The van der Waals surface area contributed by atoms with Gasteiger partial charge >= 0.3 is 0 Å². The van der Waals surface area contributed by atoms with Crippen molar-refractivity contribution in [3.63, 3.8) is 0 Å². The number of aromatic nitrogens is 2. The Labute approximate surface area is 116 Å². The van der Waals surface area contributed by atoms with Crippen LogP contribution >= 0.6 is 15.9 Å². The molecule has 1 heterocycles. The van der Waals surface area contributed by atoms with Crippen LogP contribution in [0.4, 0.5) is 0 Å². The van der Waals surface area contributed by atoms with Gasteiger partial charge in [0.15, 0.2) is 0 Å². The minimum atomic E-state index is 0.166. The van der Waals surface area contributed by atoms with Crippen molar-refractivity contribution >= 4 is 15.9 Å². The van der Waals surface area contributed by atoms with Crippen LogP contribution in [0.25, 0.3) is 0 Å². The van der Waals surface area contributed by atoms with Gasteiger partial charge in [0.25, 0.3) is 0 Å². The number of nitrogens with zero attached hydrogens (tertiary/aromatic N) is 2. The molecule has 18 heavy (non-hydrogen) atoms. The summed E-state index contributed by atoms with van der Waals surface area (Å²) in [6, 6.07) is 6.57. The number of benzene rings is 1. The van der Waals surface area contributed by atoms with E-state index >= 15 is 0 Å². The van der Waals surface area contributed by atoms with Gasteiger partial charge in [0.05, 0.1) is 12.2 Å². The Bertz CT molecular complexity index is 534. The summed E-state index contributed by atoms with van der Waals surface area (Å²) in [7, 11) is 1.97. The Morgan fingerprint density at radius 3 is 2.83 bits per heavy atom. The van der Waals surface area contributed by atoms with E-state index in [0.29, 0.717) is 0 Å². The van der Waals surface area contributed by atoms with Gasteiger partial charge in [0, 0.05) is 22.8 Å². The van der Waals surface area contributed by atoms with Crippen LogP contribution in [0.2, 0.25) is 0 Å². The third kappa shape index (κ3) is 2.65. The zero-order valence-electron chi connectivity index (χ0n) is 10.9. The molecule has 0 saturated heterocycles. The predicted octanol–water partition coefficient (Wildman–Crippen LogP) is 3.28. The lowest BCUT2D eigenvalue weighted by Crippen LogP contribution is -2.17. The molecule has 2 rings (SSSR count). The molecular weight excluding hydrogens is 290 g/mol. The fourth-order valence-electron chi connectivity index (χ4n) is 2.09. The molecule has 1 aromatic carbocycles. The summed E-state index contributed by atoms with van der Waals surface area (Å²) in [6.45, 7) is 5.09. The fraction of sp³-hybridized carbons (Fsp3) is 0.357. The van der Waals surface area contributed by atoms with Crippen LogP contribution in [0.15, 0.2) is 35.1 Å². The summed E-state index contributed by atoms with van der Waals surface area (Å²) >= 11 is 3.63. The lowest BCUT2D eigenvalue weighted by Gasteiger charge is -2.17. The first-order valence-electron chi connectivity index (χ1n) is 6.11. The summed E-state index contributed by atoms with van der Waals surface area (Å²) in [6.07, 6.45) is 4.02. The maximum Gasteiger partial charge on any atom is 0.0616 e. The van der Waals surface area contributed by atoms with Crippen LogP contribution in [0.5, 0.6) is 0 Å². The van der Waals surface area contributed by atoms with E-state index in [1.165, 1.54) is 16.7 Å². The average molecular weight is 308 g/mol. The number of halogens is 1. The van der Waals surface area contributed by atoms with E-state index in [-0.39, 0.29) is 6.04 Å². The van der Waals surface area contributed by atoms with Crippen LogP contribution in [-0.4, -0.2) is 16.8 Å². The van der Waals surface area contributed by atoms with E-state index in [1.54, 1.807) is 0 Å². The lowest BCUT2D eigenvalue weighted by molar-refractivity contribution is 0.653. The highest BCUT2D eigenvalue weighted by molar-refractivity contribution is 9.10. The molecule has 1 unspecified atom stereocenters. The van der Waals surface area contributed by atoms with Crippen LogP contribution in [-0.2, 0) is 6.54 Å². The van der Waals surface area contributed by atoms with E-state index in [0.717, 1.165) is 11.0 Å². The second-order valence-corrected chi connectivity index (χ2v) is 5.23. The van der Waals surface area contributed by atoms with E-state index in [1.807, 2.05) is 17.9 Å². The molecule has 0 saturated carbocycles. The van der Waals surface area contributed by atoms with Gasteiger partial charge in [-0.2, -0.15) is 5.10 Å². The van der Waals surface area contributed by atoms with Crippen molar-refractivity contribution in [1.29, 1.82) is 0 Å². The topological polar surface area (TPSA) is 29.9 Å². The number of nitrogens with one attached hydrogen (secondary N) is 1. The fourth-order valence-corrected chi connectivity index (χ4v) is 2.56. The Kier molecular flexibility index (Phi) is 4.19. The zero-order chi connectivity index (χ0) is 13.1. The average Bonchev–Trinajstić information content (AvgIpc) is 2.83. The normalized spacial score (nSPS) is 12.7. The minimum absolute atomic E-state index is 0.166. The van der Waals surface area contributed by atoms with Gasteiger partial charge in [-0.3, -0.25) is 4.68 Å². The lowest BCUT2D eigenvalue weighted by atomic mass is 10.00. The third-order valence-electron chi connectivity index (χ3n) is 3.06. The molecule has 2 aromatic rings. The van der Waals surface area contributed by atoms with Gasteiger partial charge in [-0.05, 0) is 32.5 Å². The van der Waals surface area contributed by atoms with Crippen LogP contribution < -0.4 is 5.32 Å². The van der Waals surface area contributed by atoms with E-state index in [4.69, 9.17) is 0 Å². The van der Waals surface area contributed by atoms with Gasteiger partial charge in [-0.1, -0.05) is 33.6 Å². The molecule has 96 valence electrons. The molecule has 0 radical (unpaired) electrons. The molecule has 3 nitrogen and oxygen atoms in total. The largest absolute Gasteiger partial charge is 0.309 e. The standard InChI is InChI=1S/C14H18BrN3/c1-4-18-9-11(8-17-18)14(16-3)12-7-10(2)5-6-13(12)15/h5-9,14,16H,4H2,1-3H3. The molecule has 1 atom stereocenters. The molecule has 0 aliphatic heterocycles. The number of rotatable bonds is 4. The van der Waals surface area contributed by atoms with Crippen molar-refractivity contribution in [3.05, 3.63) is 51.8 Å². The van der Waals surface area contributed by atoms with Crippen molar-refractivity contribution in [3.8, 4) is 0 Å². The smallest absolute Gasteiger partial charge is 0.0616 e. The number of hydrogen-bond acceptors (Lipinski definition) is 2. The van der Waals surface area contributed by atoms with Crippen molar-refractivity contribution in [2.75, 3.05) is 7.05 Å². The highest BCUT2D eigenvalue weighted by Crippen LogP contribution is 2.29.